The minimum atomic E-state index is -2.90. The Morgan fingerprint density at radius 1 is 0.349 bits per heavy atom. The summed E-state index contributed by atoms with van der Waals surface area (Å²) in [6, 6.07) is -7.17. The zero-order chi connectivity index (χ0) is 95.1. The number of hydrogen-bond acceptors (Lipinski definition) is 52. The fourth-order valence-electron chi connectivity index (χ4n) is 17.0. The molecule has 10 aliphatic heterocycles. The molecule has 56 nitrogen and oxygen atoms in total. The molecule has 51 atom stereocenters. The zero-order valence-electron chi connectivity index (χ0n) is 70.0. The zero-order valence-corrected chi connectivity index (χ0v) is 70.0. The smallest absolute Gasteiger partial charge is 0.332 e. The van der Waals surface area contributed by atoms with Gasteiger partial charge in [0.05, 0.1) is 96.8 Å². The van der Waals surface area contributed by atoms with Crippen LogP contribution in [0.25, 0.3) is 0 Å². The molecule has 10 heterocycles. The molecule has 10 fully saturated rings. The summed E-state index contributed by atoms with van der Waals surface area (Å²) in [7, 11) is 0. The molecule has 0 aromatic heterocycles. The molecular weight excluding hydrogens is 1760 g/mol. The quantitative estimate of drug-likeness (QED) is 0.0205. The van der Waals surface area contributed by atoms with Gasteiger partial charge in [-0.1, -0.05) is 6.92 Å². The third-order valence-electron chi connectivity index (χ3n) is 24.0. The first-order valence-electron chi connectivity index (χ1n) is 41.4. The Hall–Kier alpha value is -4.49. The summed E-state index contributed by atoms with van der Waals surface area (Å²) < 4.78 is 119. The summed E-state index contributed by atoms with van der Waals surface area (Å²) in [5, 5.41) is 313. The second-order valence-corrected chi connectivity index (χ2v) is 32.9. The number of aliphatic hydroxyl groups is 27. The van der Waals surface area contributed by atoms with E-state index in [1.54, 1.807) is 0 Å². The fraction of sp³-hybridized carbons (Fsp3) is 0.932. The Kier molecular flexibility index (Phi) is 38.5. The van der Waals surface area contributed by atoms with E-state index in [2.05, 4.69) is 21.3 Å². The molecule has 0 bridgehead atoms. The summed E-state index contributed by atoms with van der Waals surface area (Å²) in [6.07, 6.45) is -94.8. The fourth-order valence-corrected chi connectivity index (χ4v) is 17.0. The van der Waals surface area contributed by atoms with E-state index in [1.165, 1.54) is 13.8 Å². The van der Waals surface area contributed by atoms with Crippen LogP contribution in [0.1, 0.15) is 48.0 Å². The van der Waals surface area contributed by atoms with Crippen LogP contribution in [0.3, 0.4) is 0 Å². The van der Waals surface area contributed by atoms with Gasteiger partial charge in [-0.3, -0.25) is 24.0 Å². The van der Waals surface area contributed by atoms with Crippen molar-refractivity contribution in [2.75, 3.05) is 66.1 Å². The molecular formula is C73H122N4O52. The number of aliphatic hydroxyl groups excluding tert-OH is 27. The van der Waals surface area contributed by atoms with E-state index in [9.17, 15) is 162 Å². The van der Waals surface area contributed by atoms with Crippen molar-refractivity contribution in [1.29, 1.82) is 0 Å². The van der Waals surface area contributed by atoms with Gasteiger partial charge in [-0.05, 0) is 6.92 Å². The maximum atomic E-state index is 13.3. The van der Waals surface area contributed by atoms with E-state index in [0.29, 0.717) is 0 Å². The Morgan fingerprint density at radius 3 is 1.08 bits per heavy atom. The second-order valence-electron chi connectivity index (χ2n) is 32.9. The van der Waals surface area contributed by atoms with E-state index in [1.807, 2.05) is 0 Å². The highest BCUT2D eigenvalue weighted by Crippen LogP contribution is 2.44. The molecule has 0 aromatic carbocycles. The van der Waals surface area contributed by atoms with Gasteiger partial charge >= 0.3 is 5.97 Å². The Labute approximate surface area is 732 Å². The monoisotopic (exact) mass is 1890 g/mol. The van der Waals surface area contributed by atoms with E-state index >= 15 is 0 Å². The molecule has 10 saturated heterocycles. The summed E-state index contributed by atoms with van der Waals surface area (Å²) in [4.78, 5) is 63.8. The van der Waals surface area contributed by atoms with Gasteiger partial charge < -0.3 is 254 Å². The molecule has 0 saturated carbocycles. The van der Waals surface area contributed by atoms with Crippen molar-refractivity contribution in [3.63, 3.8) is 0 Å². The van der Waals surface area contributed by atoms with Gasteiger partial charge in [-0.2, -0.15) is 0 Å². The molecule has 0 aromatic rings. The number of nitrogens with one attached hydrogen (secondary N) is 4. The third kappa shape index (κ3) is 23.7. The van der Waals surface area contributed by atoms with Crippen LogP contribution in [0.4, 0.5) is 0 Å². The molecule has 10 aliphatic rings. The molecule has 4 amide bonds. The second kappa shape index (κ2) is 46.6. The first-order valence-corrected chi connectivity index (χ1v) is 41.4. The molecule has 129 heavy (non-hydrogen) atoms. The van der Waals surface area contributed by atoms with Crippen LogP contribution >= 0.6 is 0 Å². The van der Waals surface area contributed by atoms with Crippen LogP contribution in [0.15, 0.2) is 0 Å². The van der Waals surface area contributed by atoms with E-state index < -0.39 is 408 Å². The first-order chi connectivity index (χ1) is 61.0. The molecule has 0 spiro atoms. The van der Waals surface area contributed by atoms with Gasteiger partial charge in [0.2, 0.25) is 23.6 Å². The van der Waals surface area contributed by atoms with Crippen molar-refractivity contribution >= 4 is 30.1 Å². The molecule has 56 heteroatoms. The minimum absolute atomic E-state index is 0.259. The Bertz CT molecular complexity index is 3520. The molecule has 31 N–H and O–H groups in total. The standard InChI is InChI=1S/C73H122N4O52/c1-19-25(92)7-73(111-18-87,128-56(19)40(94)26(93)8-78)129-62-44(98)30(12-82)114-70(55(62)109)124-60-34(16-86)119-67(39(49(60)103)77-24(6)91)127-64-52(106)43(97)29(11-81)116-72(64)125-61-45(99)35(120-69(54(61)108)123-59-33(15-85)117-65(37(47(59)101)75-22(4)89)121-57-31(13-83)112-20(2)36(46(57)100)74-21(3)88)17-110-71-63(51(105)42(96)28(10-80)115-71)126-66-38(76-23(5)90)48(102)58(32(14-84)118-66)122-68-53(107)50(104)41(95)27(9-79)113-68/h18-20,25-72,78-86,92-109H,7-17H2,1-6H3,(H,74,88)(H,75,89)(H,76,90)(H,77,91)/t19-,20+,25-,26-,27?,28?,29?,30?,31?,32+,33?,34?,35?,36?,37?,38?,39?,40?,41+,42-,43-,44+,45-,46-,47-,48?,49-,50+,51+,52?,53?,54?,55?,56?,57-,58-,59-,60-,61+,62+,63?,64?,65+,66?,67+,68+,69+,70+,71+,72-,73+/m1/s1. The maximum Gasteiger partial charge on any atom is 0.332 e. The van der Waals surface area contributed by atoms with Crippen LogP contribution in [0.2, 0.25) is 0 Å². The van der Waals surface area contributed by atoms with Crippen LogP contribution in [-0.2, 0) is 119 Å². The van der Waals surface area contributed by atoms with Crippen molar-refractivity contribution in [3.8, 4) is 0 Å². The van der Waals surface area contributed by atoms with Crippen molar-refractivity contribution < 1.29 is 257 Å². The van der Waals surface area contributed by atoms with Crippen molar-refractivity contribution in [2.24, 2.45) is 5.92 Å². The SMILES string of the molecule is CC(=O)NC1C(OC2[C@@H](OCC3O[C@@H](O[C@@H]4C(CO)O[C@@H](O[C@@H]5C(CO)O[C@@H](C)C(NC(C)=O)[C@H]5O)C(NC(C)=O)[C@H]4O)C(O)[C@@H](O[C@H]4OC(CO)[C@@H](O)C(O)C4O[C@@H]4OC(CO)[C@@H](O[C@@H]5OC(CO)[C@H](O)[C@H](O[C@]6(OC=O)C[C@@H](O)[C@@H](C)C(C(O)[C@H](O)CO)O6)C5O)[C@H](O)C4NC(C)=O)[C@@H]3O)OC(CO)[C@@H](O)[C@@H]2O)O[C@@H](CO)[C@@H](O[C@@H]2OC(CO)[C@H](O)[C@H](O)C2O)C1O. The normalized spacial score (nSPS) is 48.1. The van der Waals surface area contributed by atoms with Crippen LogP contribution < -0.4 is 21.3 Å². The Morgan fingerprint density at radius 2 is 0.667 bits per heavy atom. The van der Waals surface area contributed by atoms with E-state index in [4.69, 9.17) is 94.7 Å². The Balaban J connectivity index is 0.973. The van der Waals surface area contributed by atoms with Gasteiger partial charge in [-0.25, -0.2) is 0 Å². The summed E-state index contributed by atoms with van der Waals surface area (Å²) in [6.45, 7) is -4.84. The summed E-state index contributed by atoms with van der Waals surface area (Å²) >= 11 is 0. The highest BCUT2D eigenvalue weighted by atomic mass is 16.9. The number of rotatable bonds is 36. The average molecular weight is 1890 g/mol. The molecule has 0 aliphatic carbocycles. The molecule has 0 radical (unpaired) electrons. The largest absolute Gasteiger partial charge is 0.410 e. The number of carbonyl (C=O) groups excluding carboxylic acids is 5. The van der Waals surface area contributed by atoms with Crippen molar-refractivity contribution in [2.45, 2.75) is 354 Å². The predicted octanol–water partition coefficient (Wildman–Crippen LogP) is -20.6. The van der Waals surface area contributed by atoms with Crippen molar-refractivity contribution in [1.82, 2.24) is 21.3 Å². The number of hydrogen-bond donors (Lipinski definition) is 31. The topological polar surface area (TPSA) is 864 Å². The molecule has 22 unspecified atom stereocenters. The maximum absolute atomic E-state index is 13.3. The molecule has 10 rings (SSSR count). The summed E-state index contributed by atoms with van der Waals surface area (Å²) in [5.74, 6) is -7.59. The third-order valence-corrected chi connectivity index (χ3v) is 24.0. The number of amides is 4. The van der Waals surface area contributed by atoms with E-state index in [-0.39, 0.29) is 6.47 Å². The van der Waals surface area contributed by atoms with Gasteiger partial charge in [0.1, 0.15) is 226 Å². The average Bonchev–Trinajstić information content (AvgIpc) is 0.758. The van der Waals surface area contributed by atoms with Crippen molar-refractivity contribution in [3.05, 3.63) is 0 Å². The van der Waals surface area contributed by atoms with Crippen LogP contribution in [0.5, 0.6) is 0 Å². The van der Waals surface area contributed by atoms with Gasteiger partial charge in [-0.15, -0.1) is 0 Å². The highest BCUT2D eigenvalue weighted by molar-refractivity contribution is 5.74. The minimum Gasteiger partial charge on any atom is -0.410 e. The molecule has 746 valence electrons. The lowest BCUT2D eigenvalue weighted by atomic mass is 9.87. The van der Waals surface area contributed by atoms with Crippen LogP contribution in [0, 0.1) is 5.92 Å². The number of carbonyl (C=O) groups is 5. The lowest BCUT2D eigenvalue weighted by molar-refractivity contribution is -0.448. The first kappa shape index (κ1) is 107. The van der Waals surface area contributed by atoms with E-state index in [0.717, 1.165) is 27.7 Å². The van der Waals surface area contributed by atoms with Crippen LogP contribution in [-0.4, -0.2) is 540 Å². The lowest BCUT2D eigenvalue weighted by Gasteiger charge is -2.51. The highest BCUT2D eigenvalue weighted by Gasteiger charge is 2.63. The van der Waals surface area contributed by atoms with Gasteiger partial charge in [0.25, 0.3) is 6.47 Å². The summed E-state index contributed by atoms with van der Waals surface area (Å²) in [5.41, 5.74) is 0. The van der Waals surface area contributed by atoms with Gasteiger partial charge in [0.15, 0.2) is 50.3 Å². The predicted molar refractivity (Wildman–Crippen MR) is 399 cm³/mol. The number of ether oxygens (including phenoxy) is 20. The van der Waals surface area contributed by atoms with Gasteiger partial charge in [0, 0.05) is 33.6 Å². The lowest BCUT2D eigenvalue weighted by Crippen LogP contribution is -2.71.